The van der Waals surface area contributed by atoms with Gasteiger partial charge in [-0.3, -0.25) is 33.6 Å². The first-order chi connectivity index (χ1) is 24.8. The van der Waals surface area contributed by atoms with E-state index >= 15 is 0 Å². The number of carbonyl (C=O) groups is 8. The van der Waals surface area contributed by atoms with E-state index in [0.29, 0.717) is 24.6 Å². The first-order valence-corrected chi connectivity index (χ1v) is 16.8. The monoisotopic (exact) mass is 752 g/mol. The third-order valence-corrected chi connectivity index (χ3v) is 5.96. The van der Waals surface area contributed by atoms with Gasteiger partial charge in [0.25, 0.3) is 11.8 Å². The second kappa shape index (κ2) is 34.8. The second-order valence-electron chi connectivity index (χ2n) is 10.5. The molecule has 1 saturated heterocycles. The standard InChI is InChI=1S/C16H28N2O8.C8H9NO7.C7H19N3/c1-13(19)23-11-25-15(21)7-6-9-17-8-4-3-5-10-18-16(22)26-12-24-14(2)20;1-5(10)14-4-15-8(13)16-9-6(11)2-3-7(9)12;8-4-2-1-3-6-10-7-5-9/h17H,3-12H2,1-2H3,(H,18,22);2-4H2,1H3;10H,1-9H2. The molecule has 0 spiro atoms. The highest BCUT2D eigenvalue weighted by molar-refractivity contribution is 6.01. The summed E-state index contributed by atoms with van der Waals surface area (Å²) in [5, 5.41) is 9.31. The van der Waals surface area contributed by atoms with Gasteiger partial charge in [0.05, 0.1) is 0 Å². The maximum Gasteiger partial charge on any atom is 0.536 e. The molecule has 1 aliphatic heterocycles. The molecule has 1 fully saturated rings. The number of imide groups is 1. The van der Waals surface area contributed by atoms with Crippen molar-refractivity contribution < 1.29 is 71.6 Å². The van der Waals surface area contributed by atoms with Crippen LogP contribution in [0.2, 0.25) is 0 Å². The lowest BCUT2D eigenvalue weighted by atomic mass is 10.2. The lowest BCUT2D eigenvalue weighted by Crippen LogP contribution is -2.32. The number of esters is 4. The van der Waals surface area contributed by atoms with E-state index < -0.39 is 54.7 Å². The fourth-order valence-corrected chi connectivity index (χ4v) is 3.41. The van der Waals surface area contributed by atoms with Gasteiger partial charge in [-0.15, -0.1) is 0 Å². The number of amides is 3. The molecule has 0 aromatic rings. The van der Waals surface area contributed by atoms with Crippen molar-refractivity contribution in [3.05, 3.63) is 0 Å². The number of hydrogen-bond donors (Lipinski definition) is 5. The van der Waals surface area contributed by atoms with Crippen LogP contribution in [0.3, 0.4) is 0 Å². The van der Waals surface area contributed by atoms with Gasteiger partial charge in [-0.1, -0.05) is 17.9 Å². The minimum atomic E-state index is -1.29. The lowest BCUT2D eigenvalue weighted by molar-refractivity contribution is -0.182. The zero-order chi connectivity index (χ0) is 39.4. The Morgan fingerprint density at radius 2 is 1.06 bits per heavy atom. The Morgan fingerprint density at radius 1 is 0.577 bits per heavy atom. The summed E-state index contributed by atoms with van der Waals surface area (Å²) in [5.74, 6) is -3.28. The van der Waals surface area contributed by atoms with E-state index in [1.807, 2.05) is 0 Å². The molecule has 0 aromatic carbocycles. The van der Waals surface area contributed by atoms with Gasteiger partial charge in [0.1, 0.15) is 0 Å². The molecule has 0 atom stereocenters. The normalized spacial score (nSPS) is 11.5. The number of rotatable bonds is 24. The number of unbranched alkanes of at least 4 members (excludes halogenated alkanes) is 4. The quantitative estimate of drug-likeness (QED) is 0.0290. The number of nitrogens with one attached hydrogen (secondary N) is 3. The van der Waals surface area contributed by atoms with Crippen molar-refractivity contribution in [1.29, 1.82) is 0 Å². The van der Waals surface area contributed by atoms with Gasteiger partial charge in [-0.25, -0.2) is 9.59 Å². The van der Waals surface area contributed by atoms with Gasteiger partial charge in [0, 0.05) is 59.7 Å². The molecule has 1 rings (SSSR count). The maximum absolute atomic E-state index is 11.3. The van der Waals surface area contributed by atoms with Gasteiger partial charge < -0.3 is 55.8 Å². The Hall–Kier alpha value is -4.60. The van der Waals surface area contributed by atoms with Gasteiger partial charge in [-0.05, 0) is 58.3 Å². The topological polar surface area (TPSA) is 293 Å². The van der Waals surface area contributed by atoms with Crippen LogP contribution in [0.25, 0.3) is 0 Å². The summed E-state index contributed by atoms with van der Waals surface area (Å²) < 4.78 is 26.8. The number of hydrogen-bond acceptors (Lipinski definition) is 19. The Labute approximate surface area is 303 Å². The Balaban J connectivity index is 0. The van der Waals surface area contributed by atoms with Crippen LogP contribution in [0.5, 0.6) is 0 Å². The summed E-state index contributed by atoms with van der Waals surface area (Å²) in [5.41, 5.74) is 10.6. The summed E-state index contributed by atoms with van der Waals surface area (Å²) in [4.78, 5) is 90.9. The molecule has 0 saturated carbocycles. The number of alkyl carbamates (subject to hydrolysis) is 1. The first-order valence-electron chi connectivity index (χ1n) is 16.8. The molecular weight excluding hydrogens is 696 g/mol. The lowest BCUT2D eigenvalue weighted by Gasteiger charge is -2.11. The maximum atomic E-state index is 11.3. The predicted octanol–water partition coefficient (Wildman–Crippen LogP) is 0.225. The Bertz CT molecular complexity index is 1000. The van der Waals surface area contributed by atoms with Crippen molar-refractivity contribution in [1.82, 2.24) is 21.0 Å². The molecule has 1 heterocycles. The van der Waals surface area contributed by atoms with Crippen LogP contribution in [0.1, 0.15) is 85.0 Å². The van der Waals surface area contributed by atoms with E-state index in [2.05, 4.69) is 44.5 Å². The Kier molecular flexibility index (Phi) is 33.2. The third kappa shape index (κ3) is 35.2. The summed E-state index contributed by atoms with van der Waals surface area (Å²) in [6, 6.07) is 0. The van der Waals surface area contributed by atoms with Crippen molar-refractivity contribution in [3.8, 4) is 0 Å². The molecule has 0 radical (unpaired) electrons. The van der Waals surface area contributed by atoms with Gasteiger partial charge in [-0.2, -0.15) is 0 Å². The van der Waals surface area contributed by atoms with Crippen molar-refractivity contribution in [3.63, 3.8) is 0 Å². The van der Waals surface area contributed by atoms with Crippen molar-refractivity contribution >= 4 is 47.9 Å². The van der Waals surface area contributed by atoms with Crippen molar-refractivity contribution in [2.75, 3.05) is 66.2 Å². The van der Waals surface area contributed by atoms with E-state index in [4.69, 9.17) is 16.2 Å². The molecule has 21 nitrogen and oxygen atoms in total. The molecule has 0 aliphatic carbocycles. The predicted molar refractivity (Wildman–Crippen MR) is 180 cm³/mol. The van der Waals surface area contributed by atoms with Crippen LogP contribution in [0.15, 0.2) is 0 Å². The number of hydroxylamine groups is 2. The largest absolute Gasteiger partial charge is 0.536 e. The highest BCUT2D eigenvalue weighted by Crippen LogP contribution is 2.12. The van der Waals surface area contributed by atoms with E-state index in [1.165, 1.54) is 26.7 Å². The minimum absolute atomic E-state index is 0.00391. The zero-order valence-electron chi connectivity index (χ0n) is 30.4. The second-order valence-corrected chi connectivity index (χ2v) is 10.5. The van der Waals surface area contributed by atoms with E-state index in [9.17, 15) is 38.4 Å². The number of carbonyl (C=O) groups excluding carboxylic acids is 8. The van der Waals surface area contributed by atoms with Gasteiger partial charge >= 0.3 is 36.1 Å². The number of nitrogens with two attached hydrogens (primary N) is 2. The van der Waals surface area contributed by atoms with Crippen molar-refractivity contribution in [2.45, 2.75) is 85.0 Å². The molecule has 0 unspecified atom stereocenters. The summed E-state index contributed by atoms with van der Waals surface area (Å²) in [6.07, 6.45) is 5.22. The van der Waals surface area contributed by atoms with E-state index in [-0.39, 0.29) is 32.8 Å². The fourth-order valence-electron chi connectivity index (χ4n) is 3.41. The van der Waals surface area contributed by atoms with Crippen LogP contribution in [0.4, 0.5) is 9.59 Å². The summed E-state index contributed by atoms with van der Waals surface area (Å²) in [6.45, 7) is 7.77. The summed E-state index contributed by atoms with van der Waals surface area (Å²) in [7, 11) is 0. The highest BCUT2D eigenvalue weighted by Gasteiger charge is 2.33. The molecule has 3 amide bonds. The minimum Gasteiger partial charge on any atom is -0.428 e. The zero-order valence-corrected chi connectivity index (χ0v) is 30.4. The van der Waals surface area contributed by atoms with E-state index in [1.54, 1.807) is 0 Å². The third-order valence-electron chi connectivity index (χ3n) is 5.96. The molecule has 1 aliphatic rings. The molecule has 0 aromatic heterocycles. The fraction of sp³-hybridized carbons (Fsp3) is 0.742. The van der Waals surface area contributed by atoms with E-state index in [0.717, 1.165) is 65.3 Å². The van der Waals surface area contributed by atoms with Crippen molar-refractivity contribution in [2.24, 2.45) is 11.5 Å². The molecular formula is C31H56N6O15. The van der Waals surface area contributed by atoms with Crippen LogP contribution < -0.4 is 27.4 Å². The average molecular weight is 753 g/mol. The first kappa shape index (κ1) is 49.5. The smallest absolute Gasteiger partial charge is 0.428 e. The van der Waals surface area contributed by atoms with Crippen LogP contribution in [-0.4, -0.2) is 119 Å². The molecule has 21 heteroatoms. The average Bonchev–Trinajstić information content (AvgIpc) is 3.39. The van der Waals surface area contributed by atoms with Gasteiger partial charge in [0.2, 0.25) is 20.4 Å². The van der Waals surface area contributed by atoms with Gasteiger partial charge in [0.15, 0.2) is 0 Å². The van der Waals surface area contributed by atoms with Crippen LogP contribution in [0, 0.1) is 0 Å². The summed E-state index contributed by atoms with van der Waals surface area (Å²) >= 11 is 0. The van der Waals surface area contributed by atoms with Crippen LogP contribution >= 0.6 is 0 Å². The SMILES string of the molecule is CC(=O)OCOC(=O)CCCNCCCCCNC(=O)OCOC(C)=O.CC(=O)OCOC(=O)ON1C(=O)CCC1=O.NCCCCCNCCN. The molecule has 7 N–H and O–H groups in total. The molecule has 52 heavy (non-hydrogen) atoms. The van der Waals surface area contributed by atoms with Crippen LogP contribution in [-0.2, 0) is 62.0 Å². The highest BCUT2D eigenvalue weighted by atomic mass is 16.9. The number of nitrogens with zero attached hydrogens (tertiary/aromatic N) is 1. The molecule has 300 valence electrons. The Morgan fingerprint density at radius 3 is 1.60 bits per heavy atom. The number of ether oxygens (including phenoxy) is 6. The molecule has 0 bridgehead atoms.